The van der Waals surface area contributed by atoms with Gasteiger partial charge in [0.25, 0.3) is 0 Å². The number of nitro groups is 1. The van der Waals surface area contributed by atoms with Crippen molar-refractivity contribution in [1.29, 1.82) is 0 Å². The molecule has 0 saturated carbocycles. The predicted molar refractivity (Wildman–Crippen MR) is 87.3 cm³/mol. The number of morpholine rings is 1. The molecule has 2 heterocycles. The highest BCUT2D eigenvalue weighted by Gasteiger charge is 2.28. The normalized spacial score (nSPS) is 14.7. The number of halogens is 1. The van der Waals surface area contributed by atoms with Gasteiger partial charge in [-0.3, -0.25) is 10.1 Å². The second kappa shape index (κ2) is 7.12. The van der Waals surface area contributed by atoms with Gasteiger partial charge in [-0.2, -0.15) is 0 Å². The van der Waals surface area contributed by atoms with E-state index in [-0.39, 0.29) is 5.69 Å². The second-order valence-corrected chi connectivity index (χ2v) is 6.26. The van der Waals surface area contributed by atoms with Crippen LogP contribution in [0.4, 0.5) is 11.5 Å². The summed E-state index contributed by atoms with van der Waals surface area (Å²) in [5, 5.41) is 12.5. The number of hydrogen-bond acceptors (Lipinski definition) is 7. The lowest BCUT2D eigenvalue weighted by atomic mass is 10.3. The Morgan fingerprint density at radius 2 is 1.91 bits per heavy atom. The lowest BCUT2D eigenvalue weighted by molar-refractivity contribution is -0.387. The van der Waals surface area contributed by atoms with E-state index >= 15 is 0 Å². The van der Waals surface area contributed by atoms with Gasteiger partial charge >= 0.3 is 5.69 Å². The van der Waals surface area contributed by atoms with Gasteiger partial charge in [-0.15, -0.1) is 0 Å². The zero-order valence-electron chi connectivity index (χ0n) is 12.0. The summed E-state index contributed by atoms with van der Waals surface area (Å²) in [5.74, 6) is 0.338. The fourth-order valence-electron chi connectivity index (χ4n) is 2.21. The zero-order chi connectivity index (χ0) is 16.2. The van der Waals surface area contributed by atoms with Crippen molar-refractivity contribution in [2.75, 3.05) is 31.2 Å². The quantitative estimate of drug-likeness (QED) is 0.475. The van der Waals surface area contributed by atoms with Crippen molar-refractivity contribution in [3.8, 4) is 0 Å². The molecule has 0 spiro atoms. The topological polar surface area (TPSA) is 81.4 Å². The van der Waals surface area contributed by atoms with Gasteiger partial charge in [0, 0.05) is 23.0 Å². The van der Waals surface area contributed by atoms with Crippen LogP contribution in [0.3, 0.4) is 0 Å². The average Bonchev–Trinajstić information content (AvgIpc) is 2.57. The van der Waals surface area contributed by atoms with Crippen LogP contribution in [0.2, 0.25) is 5.02 Å². The SMILES string of the molecule is O=[N+]([O-])c1c(Sc2ccc(Cl)cc2)ncnc1N1CCOCC1. The Bertz CT molecular complexity index is 708. The van der Waals surface area contributed by atoms with Crippen molar-refractivity contribution in [2.45, 2.75) is 9.92 Å². The molecule has 3 rings (SSSR count). The largest absolute Gasteiger partial charge is 0.378 e. The van der Waals surface area contributed by atoms with Gasteiger partial charge in [0.05, 0.1) is 18.1 Å². The Labute approximate surface area is 141 Å². The minimum absolute atomic E-state index is 0.0747. The molecule has 120 valence electrons. The van der Waals surface area contributed by atoms with Crippen molar-refractivity contribution >= 4 is 34.9 Å². The van der Waals surface area contributed by atoms with Crippen molar-refractivity contribution < 1.29 is 9.66 Å². The number of hydrogen-bond donors (Lipinski definition) is 0. The maximum absolute atomic E-state index is 11.6. The van der Waals surface area contributed by atoms with Crippen molar-refractivity contribution in [1.82, 2.24) is 9.97 Å². The van der Waals surface area contributed by atoms with Gasteiger partial charge in [0.2, 0.25) is 5.82 Å². The summed E-state index contributed by atoms with van der Waals surface area (Å²) in [7, 11) is 0. The van der Waals surface area contributed by atoms with Crippen LogP contribution < -0.4 is 4.90 Å². The third-order valence-corrected chi connectivity index (χ3v) is 4.54. The fourth-order valence-corrected chi connectivity index (χ4v) is 3.19. The van der Waals surface area contributed by atoms with Crippen LogP contribution in [0, 0.1) is 10.1 Å². The molecule has 1 saturated heterocycles. The monoisotopic (exact) mass is 352 g/mol. The Hall–Kier alpha value is -1.90. The number of benzene rings is 1. The predicted octanol–water partition coefficient (Wildman–Crippen LogP) is 3.03. The van der Waals surface area contributed by atoms with Gasteiger partial charge in [0.1, 0.15) is 6.33 Å². The van der Waals surface area contributed by atoms with E-state index in [1.54, 1.807) is 24.3 Å². The van der Waals surface area contributed by atoms with E-state index in [1.807, 2.05) is 4.90 Å². The zero-order valence-corrected chi connectivity index (χ0v) is 13.6. The average molecular weight is 353 g/mol. The second-order valence-electron chi connectivity index (χ2n) is 4.76. The van der Waals surface area contributed by atoms with Gasteiger partial charge in [-0.1, -0.05) is 23.4 Å². The summed E-state index contributed by atoms with van der Waals surface area (Å²) in [4.78, 5) is 22.0. The van der Waals surface area contributed by atoms with Gasteiger partial charge in [-0.05, 0) is 24.3 Å². The van der Waals surface area contributed by atoms with Crippen LogP contribution >= 0.6 is 23.4 Å². The van der Waals surface area contributed by atoms with Crippen molar-refractivity contribution in [2.24, 2.45) is 0 Å². The number of anilines is 1. The summed E-state index contributed by atoms with van der Waals surface area (Å²) >= 11 is 7.08. The highest BCUT2D eigenvalue weighted by molar-refractivity contribution is 7.99. The van der Waals surface area contributed by atoms with Gasteiger partial charge in [-0.25, -0.2) is 9.97 Å². The third-order valence-electron chi connectivity index (χ3n) is 3.29. The number of rotatable bonds is 4. The first-order valence-electron chi connectivity index (χ1n) is 6.90. The van der Waals surface area contributed by atoms with E-state index in [1.165, 1.54) is 18.1 Å². The summed E-state index contributed by atoms with van der Waals surface area (Å²) in [6, 6.07) is 7.07. The molecule has 0 amide bonds. The molecule has 1 aromatic carbocycles. The maximum atomic E-state index is 11.6. The summed E-state index contributed by atoms with van der Waals surface area (Å²) in [5.41, 5.74) is -0.0747. The van der Waals surface area contributed by atoms with Gasteiger partial charge < -0.3 is 9.64 Å². The number of nitrogens with zero attached hydrogens (tertiary/aromatic N) is 4. The molecule has 2 aromatic rings. The molecular formula is C14H13ClN4O3S. The number of aromatic nitrogens is 2. The van der Waals surface area contributed by atoms with E-state index in [2.05, 4.69) is 9.97 Å². The van der Waals surface area contributed by atoms with E-state index in [0.29, 0.717) is 42.2 Å². The summed E-state index contributed by atoms with van der Waals surface area (Å²) in [6.07, 6.45) is 1.36. The highest BCUT2D eigenvalue weighted by Crippen LogP contribution is 2.38. The molecule has 0 radical (unpaired) electrons. The van der Waals surface area contributed by atoms with E-state index in [9.17, 15) is 10.1 Å². The van der Waals surface area contributed by atoms with Crippen LogP contribution in [0.15, 0.2) is 40.5 Å². The van der Waals surface area contributed by atoms with Crippen molar-refractivity contribution in [3.05, 3.63) is 45.7 Å². The van der Waals surface area contributed by atoms with Crippen LogP contribution in [0.5, 0.6) is 0 Å². The summed E-state index contributed by atoms with van der Waals surface area (Å²) < 4.78 is 5.29. The van der Waals surface area contributed by atoms with Crippen LogP contribution in [0.25, 0.3) is 0 Å². The molecule has 0 unspecified atom stereocenters. The molecular weight excluding hydrogens is 340 g/mol. The summed E-state index contributed by atoms with van der Waals surface area (Å²) in [6.45, 7) is 2.20. The van der Waals surface area contributed by atoms with E-state index in [0.717, 1.165) is 4.90 Å². The van der Waals surface area contributed by atoms with Gasteiger partial charge in [0.15, 0.2) is 5.03 Å². The third kappa shape index (κ3) is 3.72. The van der Waals surface area contributed by atoms with E-state index < -0.39 is 4.92 Å². The van der Waals surface area contributed by atoms with E-state index in [4.69, 9.17) is 16.3 Å². The molecule has 1 aliphatic rings. The fraction of sp³-hybridized carbons (Fsp3) is 0.286. The maximum Gasteiger partial charge on any atom is 0.343 e. The minimum Gasteiger partial charge on any atom is -0.378 e. The van der Waals surface area contributed by atoms with Crippen LogP contribution in [-0.2, 0) is 4.74 Å². The van der Waals surface area contributed by atoms with Crippen LogP contribution in [0.1, 0.15) is 0 Å². The standard InChI is InChI=1S/C14H13ClN4O3S/c15-10-1-3-11(4-2-10)23-14-12(19(20)21)13(16-9-17-14)18-5-7-22-8-6-18/h1-4,9H,5-8H2. The highest BCUT2D eigenvalue weighted by atomic mass is 35.5. The lowest BCUT2D eigenvalue weighted by Gasteiger charge is -2.27. The molecule has 0 N–H and O–H groups in total. The first-order valence-corrected chi connectivity index (χ1v) is 8.10. The first kappa shape index (κ1) is 16.0. The first-order chi connectivity index (χ1) is 11.1. The molecule has 0 atom stereocenters. The molecule has 0 aliphatic carbocycles. The Kier molecular flexibility index (Phi) is 4.94. The smallest absolute Gasteiger partial charge is 0.343 e. The van der Waals surface area contributed by atoms with Crippen LogP contribution in [-0.4, -0.2) is 41.2 Å². The number of ether oxygens (including phenoxy) is 1. The Morgan fingerprint density at radius 1 is 1.22 bits per heavy atom. The molecule has 0 bridgehead atoms. The Balaban J connectivity index is 1.95. The lowest BCUT2D eigenvalue weighted by Crippen LogP contribution is -2.37. The Morgan fingerprint density at radius 3 is 2.57 bits per heavy atom. The molecule has 1 aliphatic heterocycles. The van der Waals surface area contributed by atoms with Crippen molar-refractivity contribution in [3.63, 3.8) is 0 Å². The molecule has 1 aromatic heterocycles. The molecule has 23 heavy (non-hydrogen) atoms. The molecule has 7 nitrogen and oxygen atoms in total. The molecule has 9 heteroatoms. The molecule has 1 fully saturated rings. The minimum atomic E-state index is -0.428.